The molecule has 0 aromatic carbocycles. The summed E-state index contributed by atoms with van der Waals surface area (Å²) in [5.41, 5.74) is 0. The Hall–Kier alpha value is -2.05. The Bertz CT molecular complexity index is 343. The third-order valence-electron chi connectivity index (χ3n) is 2.44. The van der Waals surface area contributed by atoms with Gasteiger partial charge in [-0.15, -0.1) is 6.58 Å². The van der Waals surface area contributed by atoms with Crippen LogP contribution in [0.5, 0.6) is 0 Å². The highest BCUT2D eigenvalue weighted by atomic mass is 16.5. The van der Waals surface area contributed by atoms with E-state index in [0.717, 1.165) is 20.0 Å². The second kappa shape index (κ2) is 8.96. The van der Waals surface area contributed by atoms with E-state index in [1.165, 1.54) is 4.90 Å². The molecule has 7 heteroatoms. The predicted octanol–water partition coefficient (Wildman–Crippen LogP) is 0.610. The number of allylic oxidation sites excluding steroid dienone is 1. The molecule has 2 N–H and O–H groups in total. The summed E-state index contributed by atoms with van der Waals surface area (Å²) in [5, 5.41) is 11.2. The Morgan fingerprint density at radius 3 is 2.58 bits per heavy atom. The van der Waals surface area contributed by atoms with Crippen molar-refractivity contribution >= 4 is 18.0 Å². The molecular weight excluding hydrogens is 252 g/mol. The highest BCUT2D eigenvalue weighted by molar-refractivity contribution is 5.86. The van der Waals surface area contributed by atoms with Gasteiger partial charge in [-0.2, -0.15) is 0 Å². The number of carboxylic acid groups (broad SMARTS) is 1. The van der Waals surface area contributed by atoms with Gasteiger partial charge in [0, 0.05) is 13.6 Å². The van der Waals surface area contributed by atoms with Crippen LogP contribution >= 0.6 is 0 Å². The fourth-order valence-corrected chi connectivity index (χ4v) is 1.28. The summed E-state index contributed by atoms with van der Waals surface area (Å²) in [6, 6.07) is -1.83. The van der Waals surface area contributed by atoms with Crippen LogP contribution in [0.3, 0.4) is 0 Å². The van der Waals surface area contributed by atoms with Gasteiger partial charge in [0.2, 0.25) is 0 Å². The number of aliphatic carboxylic acids is 1. The Balaban J connectivity index is 4.33. The minimum absolute atomic E-state index is 0.405. The standard InChI is InChI=1S/C12H20N2O5/c1-4-5-6-7-14(2)12(18)13-9(11(16)17)8-10(15)19-3/h4,9H,1,5-8H2,2-3H3,(H,13,18)(H,16,17)/t9-/m0/s1. The number of urea groups is 1. The number of amides is 2. The number of nitrogens with one attached hydrogen (secondary N) is 1. The number of nitrogens with zero attached hydrogens (tertiary/aromatic N) is 1. The van der Waals surface area contributed by atoms with Crippen LogP contribution in [-0.4, -0.2) is 54.7 Å². The van der Waals surface area contributed by atoms with Crippen molar-refractivity contribution in [3.63, 3.8) is 0 Å². The number of esters is 1. The van der Waals surface area contributed by atoms with Gasteiger partial charge in [0.05, 0.1) is 13.5 Å². The van der Waals surface area contributed by atoms with E-state index in [1.54, 1.807) is 13.1 Å². The maximum Gasteiger partial charge on any atom is 0.326 e. The molecule has 0 saturated heterocycles. The normalized spacial score (nSPS) is 11.3. The van der Waals surface area contributed by atoms with E-state index in [2.05, 4.69) is 16.6 Å². The minimum Gasteiger partial charge on any atom is -0.480 e. The summed E-state index contributed by atoms with van der Waals surface area (Å²) in [6.07, 6.45) is 2.84. The van der Waals surface area contributed by atoms with Gasteiger partial charge in [0.15, 0.2) is 0 Å². The van der Waals surface area contributed by atoms with Gasteiger partial charge in [0.25, 0.3) is 0 Å². The quantitative estimate of drug-likeness (QED) is 0.383. The molecule has 0 rings (SSSR count). The van der Waals surface area contributed by atoms with Crippen molar-refractivity contribution in [2.75, 3.05) is 20.7 Å². The van der Waals surface area contributed by atoms with E-state index in [-0.39, 0.29) is 0 Å². The first kappa shape index (κ1) is 16.9. The molecule has 0 bridgehead atoms. The molecule has 108 valence electrons. The summed E-state index contributed by atoms with van der Waals surface area (Å²) in [5.74, 6) is -1.97. The van der Waals surface area contributed by atoms with Crippen molar-refractivity contribution in [1.29, 1.82) is 0 Å². The van der Waals surface area contributed by atoms with E-state index in [4.69, 9.17) is 5.11 Å². The summed E-state index contributed by atoms with van der Waals surface area (Å²) >= 11 is 0. The molecule has 0 spiro atoms. The van der Waals surface area contributed by atoms with Crippen molar-refractivity contribution in [3.8, 4) is 0 Å². The van der Waals surface area contributed by atoms with Gasteiger partial charge in [-0.3, -0.25) is 4.79 Å². The number of ether oxygens (including phenoxy) is 1. The zero-order valence-corrected chi connectivity index (χ0v) is 11.2. The largest absolute Gasteiger partial charge is 0.480 e. The van der Waals surface area contributed by atoms with Gasteiger partial charge in [0.1, 0.15) is 6.04 Å². The van der Waals surface area contributed by atoms with E-state index < -0.39 is 30.4 Å². The molecule has 0 aliphatic rings. The van der Waals surface area contributed by atoms with Gasteiger partial charge in [-0.1, -0.05) is 6.08 Å². The number of hydrogen-bond donors (Lipinski definition) is 2. The number of rotatable bonds is 8. The van der Waals surface area contributed by atoms with Crippen molar-refractivity contribution in [2.45, 2.75) is 25.3 Å². The average Bonchev–Trinajstić information content (AvgIpc) is 2.37. The van der Waals surface area contributed by atoms with Crippen LogP contribution in [0.15, 0.2) is 12.7 Å². The third kappa shape index (κ3) is 7.07. The zero-order chi connectivity index (χ0) is 14.8. The maximum atomic E-state index is 11.7. The first-order valence-electron chi connectivity index (χ1n) is 5.84. The lowest BCUT2D eigenvalue weighted by Crippen LogP contribution is -2.47. The minimum atomic E-state index is -1.29. The Morgan fingerprint density at radius 1 is 1.47 bits per heavy atom. The average molecular weight is 272 g/mol. The highest BCUT2D eigenvalue weighted by Crippen LogP contribution is 1.99. The third-order valence-corrected chi connectivity index (χ3v) is 2.44. The smallest absolute Gasteiger partial charge is 0.326 e. The van der Waals surface area contributed by atoms with Crippen molar-refractivity contribution in [3.05, 3.63) is 12.7 Å². The molecule has 0 unspecified atom stereocenters. The molecule has 0 saturated carbocycles. The molecule has 7 nitrogen and oxygen atoms in total. The maximum absolute atomic E-state index is 11.7. The molecule has 0 radical (unpaired) electrons. The van der Waals surface area contributed by atoms with Crippen LogP contribution in [-0.2, 0) is 14.3 Å². The van der Waals surface area contributed by atoms with Crippen LogP contribution in [0.4, 0.5) is 4.79 Å². The molecular formula is C12H20N2O5. The van der Waals surface area contributed by atoms with Gasteiger partial charge in [-0.25, -0.2) is 9.59 Å². The van der Waals surface area contributed by atoms with Crippen LogP contribution in [0.2, 0.25) is 0 Å². The molecule has 0 aromatic heterocycles. The van der Waals surface area contributed by atoms with Crippen molar-refractivity contribution in [1.82, 2.24) is 10.2 Å². The van der Waals surface area contributed by atoms with Gasteiger partial charge < -0.3 is 20.1 Å². The first-order valence-corrected chi connectivity index (χ1v) is 5.84. The fourth-order valence-electron chi connectivity index (χ4n) is 1.28. The zero-order valence-electron chi connectivity index (χ0n) is 11.2. The molecule has 0 aromatic rings. The van der Waals surface area contributed by atoms with Crippen LogP contribution in [0.25, 0.3) is 0 Å². The second-order valence-electron chi connectivity index (χ2n) is 3.97. The van der Waals surface area contributed by atoms with Crippen LogP contribution in [0, 0.1) is 0 Å². The number of carbonyl (C=O) groups is 3. The molecule has 0 heterocycles. The van der Waals surface area contributed by atoms with E-state index in [0.29, 0.717) is 6.54 Å². The molecule has 0 aliphatic heterocycles. The van der Waals surface area contributed by atoms with E-state index >= 15 is 0 Å². The van der Waals surface area contributed by atoms with Crippen molar-refractivity contribution < 1.29 is 24.2 Å². The number of carboxylic acids is 1. The molecule has 0 aliphatic carbocycles. The summed E-state index contributed by atoms with van der Waals surface area (Å²) in [6.45, 7) is 4.04. The SMILES string of the molecule is C=CCCCN(C)C(=O)N[C@@H](CC(=O)OC)C(=O)O. The number of methoxy groups -OCH3 is 1. The predicted molar refractivity (Wildman–Crippen MR) is 68.6 cm³/mol. The second-order valence-corrected chi connectivity index (χ2v) is 3.97. The summed E-state index contributed by atoms with van der Waals surface area (Å²) < 4.78 is 4.37. The monoisotopic (exact) mass is 272 g/mol. The molecule has 19 heavy (non-hydrogen) atoms. The molecule has 2 amide bonds. The number of unbranched alkanes of at least 4 members (excludes halogenated alkanes) is 1. The number of hydrogen-bond acceptors (Lipinski definition) is 4. The highest BCUT2D eigenvalue weighted by Gasteiger charge is 2.24. The lowest BCUT2D eigenvalue weighted by atomic mass is 10.2. The van der Waals surface area contributed by atoms with E-state index in [9.17, 15) is 14.4 Å². The van der Waals surface area contributed by atoms with Gasteiger partial charge >= 0.3 is 18.0 Å². The number of carbonyl (C=O) groups excluding carboxylic acids is 2. The first-order chi connectivity index (χ1) is 8.92. The van der Waals surface area contributed by atoms with Gasteiger partial charge in [-0.05, 0) is 12.8 Å². The lowest BCUT2D eigenvalue weighted by molar-refractivity contribution is -0.147. The molecule has 0 fully saturated rings. The lowest BCUT2D eigenvalue weighted by Gasteiger charge is -2.20. The Labute approximate surface area is 112 Å². The topological polar surface area (TPSA) is 95.9 Å². The summed E-state index contributed by atoms with van der Waals surface area (Å²) in [7, 11) is 2.71. The Kier molecular flexibility index (Phi) is 7.99. The fraction of sp³-hybridized carbons (Fsp3) is 0.583. The van der Waals surface area contributed by atoms with Crippen molar-refractivity contribution in [2.24, 2.45) is 0 Å². The summed E-state index contributed by atoms with van der Waals surface area (Å²) in [4.78, 5) is 35.0. The van der Waals surface area contributed by atoms with E-state index in [1.807, 2.05) is 0 Å². The van der Waals surface area contributed by atoms with Crippen LogP contribution < -0.4 is 5.32 Å². The molecule has 1 atom stereocenters. The van der Waals surface area contributed by atoms with Crippen LogP contribution in [0.1, 0.15) is 19.3 Å². The Morgan fingerprint density at radius 2 is 2.11 bits per heavy atom.